The standard InChI is InChI=1S/C53H85O12P/c1-3-5-7-9-11-13-15-17-19-20-21-22-23-24-25-26-27-29-31-33-35-37-39-41-43-62-44-46(45-63-66(60,61)65-53-51(58)49(56)48(55)50(57)52(53)59)64-47(54)42-40-38-36-34-32-30-28-18-16-14-12-10-8-6-4-2/h5-8,11-14,17-19,21-22,24-25,27-29,33,35,46,48-53,55-59H,3-4,9-10,15-16,20,23,26,30-32,34,36-45H2,1-2H3,(H,60,61)/b7-5-,8-6-,13-11-,14-12-,19-17-,22-21-,25-24-,28-18-,29-27-,35-33-. The molecule has 0 aromatic carbocycles. The van der Waals surface area contributed by atoms with Gasteiger partial charge in [-0.15, -0.1) is 0 Å². The molecule has 0 aliphatic heterocycles. The monoisotopic (exact) mass is 945 g/mol. The van der Waals surface area contributed by atoms with Crippen molar-refractivity contribution in [2.45, 2.75) is 185 Å². The Hall–Kier alpha value is -3.26. The normalized spacial score (nSPS) is 22.5. The number of rotatable bonds is 39. The summed E-state index contributed by atoms with van der Waals surface area (Å²) in [6, 6.07) is 0. The van der Waals surface area contributed by atoms with E-state index in [2.05, 4.69) is 135 Å². The number of aliphatic hydroxyl groups excluding tert-OH is 5. The highest BCUT2D eigenvalue weighted by Gasteiger charge is 2.51. The van der Waals surface area contributed by atoms with E-state index < -0.39 is 63.1 Å². The van der Waals surface area contributed by atoms with Crippen molar-refractivity contribution in [3.8, 4) is 0 Å². The SMILES string of the molecule is CC/C=C\C/C=C\C/C=C\C/C=C\C/C=C\C/C=C\C/C=C\CCCCOCC(COP(=O)(O)OC1C(O)C(O)C(O)C(O)C1O)OC(=O)CCCCCCC/C=C\C/C=C\C/C=C\CC. The van der Waals surface area contributed by atoms with E-state index in [1.54, 1.807) is 0 Å². The molecule has 1 aliphatic rings. The number of phosphoric ester groups is 1. The van der Waals surface area contributed by atoms with Gasteiger partial charge in [0.15, 0.2) is 0 Å². The molecule has 0 heterocycles. The molecule has 0 aromatic rings. The fourth-order valence-electron chi connectivity index (χ4n) is 6.52. The molecular formula is C53H85O12P. The third-order valence-electron chi connectivity index (χ3n) is 10.3. The summed E-state index contributed by atoms with van der Waals surface area (Å²) in [7, 11) is -5.05. The molecule has 1 fully saturated rings. The highest BCUT2D eigenvalue weighted by atomic mass is 31.2. The highest BCUT2D eigenvalue weighted by Crippen LogP contribution is 2.47. The van der Waals surface area contributed by atoms with Gasteiger partial charge in [0.2, 0.25) is 0 Å². The molecule has 0 radical (unpaired) electrons. The fourth-order valence-corrected chi connectivity index (χ4v) is 7.50. The Morgan fingerprint density at radius 1 is 0.485 bits per heavy atom. The second kappa shape index (κ2) is 41.9. The van der Waals surface area contributed by atoms with Crippen LogP contribution in [0.3, 0.4) is 0 Å². The van der Waals surface area contributed by atoms with Gasteiger partial charge in [-0.25, -0.2) is 4.57 Å². The van der Waals surface area contributed by atoms with Crippen molar-refractivity contribution < 1.29 is 58.3 Å². The van der Waals surface area contributed by atoms with Gasteiger partial charge in [0.25, 0.3) is 0 Å². The number of phosphoric acid groups is 1. The van der Waals surface area contributed by atoms with E-state index >= 15 is 0 Å². The first-order valence-electron chi connectivity index (χ1n) is 24.4. The van der Waals surface area contributed by atoms with Crippen LogP contribution >= 0.6 is 7.82 Å². The van der Waals surface area contributed by atoms with Crippen molar-refractivity contribution in [2.75, 3.05) is 19.8 Å². The number of carbonyl (C=O) groups excluding carboxylic acids is 1. The zero-order valence-corrected chi connectivity index (χ0v) is 40.8. The average Bonchev–Trinajstić information content (AvgIpc) is 3.30. The molecule has 0 saturated heterocycles. The molecular weight excluding hydrogens is 860 g/mol. The Morgan fingerprint density at radius 3 is 1.29 bits per heavy atom. The van der Waals surface area contributed by atoms with Crippen LogP contribution in [0.1, 0.15) is 142 Å². The smallest absolute Gasteiger partial charge is 0.457 e. The highest BCUT2D eigenvalue weighted by molar-refractivity contribution is 7.47. The predicted octanol–water partition coefficient (Wildman–Crippen LogP) is 10.6. The van der Waals surface area contributed by atoms with Gasteiger partial charge in [-0.05, 0) is 103 Å². The lowest BCUT2D eigenvalue weighted by Gasteiger charge is -2.41. The van der Waals surface area contributed by atoms with Gasteiger partial charge >= 0.3 is 13.8 Å². The Kier molecular flexibility index (Phi) is 38.6. The van der Waals surface area contributed by atoms with E-state index in [9.17, 15) is 39.8 Å². The molecule has 6 unspecified atom stereocenters. The largest absolute Gasteiger partial charge is 0.472 e. The molecule has 0 bridgehead atoms. The van der Waals surface area contributed by atoms with Gasteiger partial charge in [0.05, 0.1) is 13.2 Å². The number of unbranched alkanes of at least 4 members (excludes halogenated alkanes) is 7. The van der Waals surface area contributed by atoms with E-state index in [-0.39, 0.29) is 13.0 Å². The molecule has 0 amide bonds. The van der Waals surface area contributed by atoms with Gasteiger partial charge in [0.1, 0.15) is 42.7 Å². The third-order valence-corrected chi connectivity index (χ3v) is 11.3. The molecule has 1 rings (SSSR count). The molecule has 1 aliphatic carbocycles. The van der Waals surface area contributed by atoms with Gasteiger partial charge < -0.3 is 39.9 Å². The van der Waals surface area contributed by atoms with Crippen LogP contribution in [-0.2, 0) is 27.9 Å². The zero-order valence-electron chi connectivity index (χ0n) is 39.9. The van der Waals surface area contributed by atoms with E-state index in [4.69, 9.17) is 18.5 Å². The molecule has 0 aromatic heterocycles. The van der Waals surface area contributed by atoms with Gasteiger partial charge in [-0.3, -0.25) is 13.8 Å². The van der Waals surface area contributed by atoms with Crippen LogP contribution in [0.15, 0.2) is 122 Å². The molecule has 1 saturated carbocycles. The Balaban J connectivity index is 2.42. The number of carbonyl (C=O) groups is 1. The summed E-state index contributed by atoms with van der Waals surface area (Å²) in [5.41, 5.74) is 0. The fraction of sp³-hybridized carbons (Fsp3) is 0.604. The first kappa shape index (κ1) is 60.8. The lowest BCUT2D eigenvalue weighted by Crippen LogP contribution is -2.64. The van der Waals surface area contributed by atoms with Crippen LogP contribution in [0.4, 0.5) is 0 Å². The van der Waals surface area contributed by atoms with Crippen molar-refractivity contribution in [2.24, 2.45) is 0 Å². The summed E-state index contributed by atoms with van der Waals surface area (Å²) >= 11 is 0. The third kappa shape index (κ3) is 33.3. The van der Waals surface area contributed by atoms with Crippen molar-refractivity contribution in [3.05, 3.63) is 122 Å². The number of ether oxygens (including phenoxy) is 2. The summed E-state index contributed by atoms with van der Waals surface area (Å²) in [5.74, 6) is -0.516. The van der Waals surface area contributed by atoms with E-state index in [0.717, 1.165) is 116 Å². The second-order valence-corrected chi connectivity index (χ2v) is 17.6. The lowest BCUT2D eigenvalue weighted by atomic mass is 9.85. The minimum absolute atomic E-state index is 0.123. The van der Waals surface area contributed by atoms with Crippen molar-refractivity contribution in [1.29, 1.82) is 0 Å². The summed E-state index contributed by atoms with van der Waals surface area (Å²) < 4.78 is 34.2. The van der Waals surface area contributed by atoms with Gasteiger partial charge in [-0.1, -0.05) is 155 Å². The number of esters is 1. The minimum atomic E-state index is -5.05. The maximum atomic E-state index is 12.8. The van der Waals surface area contributed by atoms with Crippen molar-refractivity contribution in [1.82, 2.24) is 0 Å². The van der Waals surface area contributed by atoms with E-state index in [1.807, 2.05) is 0 Å². The van der Waals surface area contributed by atoms with Crippen LogP contribution in [0, 0.1) is 0 Å². The maximum absolute atomic E-state index is 12.8. The van der Waals surface area contributed by atoms with Crippen LogP contribution in [0.25, 0.3) is 0 Å². The Bertz CT molecular complexity index is 1540. The van der Waals surface area contributed by atoms with Crippen molar-refractivity contribution in [3.63, 3.8) is 0 Å². The number of aliphatic hydroxyl groups is 5. The maximum Gasteiger partial charge on any atom is 0.472 e. The Morgan fingerprint density at radius 2 is 0.848 bits per heavy atom. The van der Waals surface area contributed by atoms with E-state index in [0.29, 0.717) is 13.0 Å². The number of allylic oxidation sites excluding steroid dienone is 20. The minimum Gasteiger partial charge on any atom is -0.457 e. The predicted molar refractivity (Wildman–Crippen MR) is 266 cm³/mol. The first-order chi connectivity index (χ1) is 32.0. The van der Waals surface area contributed by atoms with Crippen LogP contribution < -0.4 is 0 Å². The first-order valence-corrected chi connectivity index (χ1v) is 25.9. The molecule has 13 heteroatoms. The molecule has 0 spiro atoms. The summed E-state index contributed by atoms with van der Waals surface area (Å²) in [6.07, 6.45) is 48.4. The van der Waals surface area contributed by atoms with Crippen LogP contribution in [0.5, 0.6) is 0 Å². The topological polar surface area (TPSA) is 192 Å². The number of hydrogen-bond donors (Lipinski definition) is 6. The summed E-state index contributed by atoms with van der Waals surface area (Å²) in [4.78, 5) is 23.2. The summed E-state index contributed by atoms with van der Waals surface area (Å²) in [6.45, 7) is 3.88. The van der Waals surface area contributed by atoms with Gasteiger partial charge in [0, 0.05) is 13.0 Å². The molecule has 66 heavy (non-hydrogen) atoms. The zero-order chi connectivity index (χ0) is 48.4. The van der Waals surface area contributed by atoms with Gasteiger partial charge in [-0.2, -0.15) is 0 Å². The molecule has 12 nitrogen and oxygen atoms in total. The average molecular weight is 945 g/mol. The summed E-state index contributed by atoms with van der Waals surface area (Å²) in [5, 5.41) is 50.2. The second-order valence-electron chi connectivity index (χ2n) is 16.2. The van der Waals surface area contributed by atoms with Crippen LogP contribution in [-0.4, -0.2) is 98.9 Å². The quantitative estimate of drug-likeness (QED) is 0.0148. The van der Waals surface area contributed by atoms with Crippen LogP contribution in [0.2, 0.25) is 0 Å². The van der Waals surface area contributed by atoms with E-state index in [1.165, 1.54) is 0 Å². The molecule has 374 valence electrons. The molecule has 6 N–H and O–H groups in total. The Labute approximate surface area is 397 Å². The lowest BCUT2D eigenvalue weighted by molar-refractivity contribution is -0.220. The number of hydrogen-bond acceptors (Lipinski definition) is 11. The van der Waals surface area contributed by atoms with Crippen molar-refractivity contribution >= 4 is 13.8 Å². The molecule has 6 atom stereocenters.